The summed E-state index contributed by atoms with van der Waals surface area (Å²) in [6.07, 6.45) is 0.538. The van der Waals surface area contributed by atoms with Crippen molar-refractivity contribution in [1.29, 1.82) is 0 Å². The number of hydrogen-bond acceptors (Lipinski definition) is 6. The molecular weight excluding hydrogens is 418 g/mol. The van der Waals surface area contributed by atoms with Crippen LogP contribution < -0.4 is 9.47 Å². The predicted molar refractivity (Wildman–Crippen MR) is 127 cm³/mol. The number of nitrogens with zero attached hydrogens (tertiary/aromatic N) is 3. The van der Waals surface area contributed by atoms with Gasteiger partial charge in [0.05, 0.1) is 19.8 Å². The maximum absolute atomic E-state index is 13.5. The highest BCUT2D eigenvalue weighted by atomic mass is 16.5. The summed E-state index contributed by atoms with van der Waals surface area (Å²) in [6, 6.07) is 15.2. The first kappa shape index (κ1) is 22.9. The van der Waals surface area contributed by atoms with Crippen LogP contribution in [0.3, 0.4) is 0 Å². The molecule has 4 rings (SSSR count). The van der Waals surface area contributed by atoms with Crippen LogP contribution in [0.5, 0.6) is 11.5 Å². The third kappa shape index (κ3) is 4.59. The standard InChI is InChI=1S/C26H31N3O4/c1-4-27-14-16-28(17-15-27)24-23(20-8-6-5-7-9-20)25(30)29(26(24)31)13-12-19-10-11-21(32-2)22(18-19)33-3/h5-11,18H,4,12-17H2,1-3H3. The van der Waals surface area contributed by atoms with E-state index in [0.717, 1.165) is 43.9 Å². The van der Waals surface area contributed by atoms with Gasteiger partial charge in [0.1, 0.15) is 5.70 Å². The zero-order chi connectivity index (χ0) is 23.4. The van der Waals surface area contributed by atoms with Gasteiger partial charge in [-0.25, -0.2) is 0 Å². The first-order valence-electron chi connectivity index (χ1n) is 11.4. The van der Waals surface area contributed by atoms with E-state index in [2.05, 4.69) is 16.7 Å². The molecule has 0 aromatic heterocycles. The molecule has 2 aliphatic heterocycles. The van der Waals surface area contributed by atoms with Gasteiger partial charge in [-0.2, -0.15) is 0 Å². The lowest BCUT2D eigenvalue weighted by atomic mass is 10.0. The molecule has 0 bridgehead atoms. The Kier molecular flexibility index (Phi) is 6.99. The zero-order valence-electron chi connectivity index (χ0n) is 19.5. The van der Waals surface area contributed by atoms with E-state index in [1.54, 1.807) is 14.2 Å². The van der Waals surface area contributed by atoms with Crippen molar-refractivity contribution in [2.24, 2.45) is 0 Å². The van der Waals surface area contributed by atoms with E-state index in [9.17, 15) is 9.59 Å². The fourth-order valence-electron chi connectivity index (χ4n) is 4.49. The van der Waals surface area contributed by atoms with E-state index >= 15 is 0 Å². The molecule has 0 radical (unpaired) electrons. The Labute approximate surface area is 195 Å². The van der Waals surface area contributed by atoms with Crippen molar-refractivity contribution in [3.63, 3.8) is 0 Å². The largest absolute Gasteiger partial charge is 0.493 e. The molecule has 1 fully saturated rings. The van der Waals surface area contributed by atoms with Gasteiger partial charge >= 0.3 is 0 Å². The Morgan fingerprint density at radius 2 is 1.55 bits per heavy atom. The first-order chi connectivity index (χ1) is 16.1. The minimum absolute atomic E-state index is 0.204. The minimum Gasteiger partial charge on any atom is -0.493 e. The lowest BCUT2D eigenvalue weighted by Gasteiger charge is -2.36. The molecular formula is C26H31N3O4. The van der Waals surface area contributed by atoms with Crippen LogP contribution in [0.1, 0.15) is 18.1 Å². The second-order valence-electron chi connectivity index (χ2n) is 8.21. The van der Waals surface area contributed by atoms with E-state index in [1.807, 2.05) is 48.5 Å². The monoisotopic (exact) mass is 449 g/mol. The third-order valence-corrected chi connectivity index (χ3v) is 6.41. The maximum Gasteiger partial charge on any atom is 0.277 e. The van der Waals surface area contributed by atoms with Gasteiger partial charge in [0.25, 0.3) is 11.8 Å². The van der Waals surface area contributed by atoms with E-state index in [1.165, 1.54) is 4.90 Å². The van der Waals surface area contributed by atoms with Crippen molar-refractivity contribution in [3.8, 4) is 11.5 Å². The number of carbonyl (C=O) groups excluding carboxylic acids is 2. The van der Waals surface area contributed by atoms with Gasteiger partial charge in [-0.15, -0.1) is 0 Å². The summed E-state index contributed by atoms with van der Waals surface area (Å²) in [6.45, 7) is 6.68. The summed E-state index contributed by atoms with van der Waals surface area (Å²) in [5.41, 5.74) is 2.81. The number of amides is 2. The average molecular weight is 450 g/mol. The maximum atomic E-state index is 13.5. The highest BCUT2D eigenvalue weighted by molar-refractivity contribution is 6.35. The van der Waals surface area contributed by atoms with Crippen LogP contribution in [0.4, 0.5) is 0 Å². The molecule has 7 heteroatoms. The quantitative estimate of drug-likeness (QED) is 0.578. The summed E-state index contributed by atoms with van der Waals surface area (Å²) >= 11 is 0. The van der Waals surface area contributed by atoms with Gasteiger partial charge in [-0.1, -0.05) is 43.3 Å². The van der Waals surface area contributed by atoms with Crippen molar-refractivity contribution < 1.29 is 19.1 Å². The summed E-state index contributed by atoms with van der Waals surface area (Å²) in [5.74, 6) is 0.853. The molecule has 174 valence electrons. The molecule has 2 aromatic rings. The molecule has 0 unspecified atom stereocenters. The summed E-state index contributed by atoms with van der Waals surface area (Å²) in [4.78, 5) is 32.9. The molecule has 0 N–H and O–H groups in total. The topological polar surface area (TPSA) is 62.3 Å². The lowest BCUT2D eigenvalue weighted by Crippen LogP contribution is -2.47. The van der Waals surface area contributed by atoms with Crippen molar-refractivity contribution >= 4 is 17.4 Å². The Bertz CT molecular complexity index is 1040. The van der Waals surface area contributed by atoms with Crippen molar-refractivity contribution in [1.82, 2.24) is 14.7 Å². The predicted octanol–water partition coefficient (Wildman–Crippen LogP) is 2.66. The second-order valence-corrected chi connectivity index (χ2v) is 8.21. The third-order valence-electron chi connectivity index (χ3n) is 6.41. The Morgan fingerprint density at radius 3 is 2.18 bits per heavy atom. The van der Waals surface area contributed by atoms with Crippen molar-refractivity contribution in [2.75, 3.05) is 53.5 Å². The Hall–Kier alpha value is -3.32. The van der Waals surface area contributed by atoms with Crippen molar-refractivity contribution in [3.05, 3.63) is 65.4 Å². The number of hydrogen-bond donors (Lipinski definition) is 0. The smallest absolute Gasteiger partial charge is 0.277 e. The van der Waals surface area contributed by atoms with Crippen molar-refractivity contribution in [2.45, 2.75) is 13.3 Å². The van der Waals surface area contributed by atoms with Gasteiger partial charge in [0.15, 0.2) is 11.5 Å². The number of methoxy groups -OCH3 is 2. The highest BCUT2D eigenvalue weighted by Gasteiger charge is 2.41. The van der Waals surface area contributed by atoms with E-state index in [-0.39, 0.29) is 11.8 Å². The van der Waals surface area contributed by atoms with Gasteiger partial charge < -0.3 is 19.3 Å². The first-order valence-corrected chi connectivity index (χ1v) is 11.4. The van der Waals surface area contributed by atoms with E-state index in [0.29, 0.717) is 35.7 Å². The Morgan fingerprint density at radius 1 is 0.848 bits per heavy atom. The van der Waals surface area contributed by atoms with Crippen LogP contribution in [0.25, 0.3) is 5.57 Å². The van der Waals surface area contributed by atoms with Gasteiger partial charge in [0, 0.05) is 32.7 Å². The number of rotatable bonds is 8. The number of benzene rings is 2. The average Bonchev–Trinajstić information content (AvgIpc) is 3.12. The zero-order valence-corrected chi connectivity index (χ0v) is 19.5. The van der Waals surface area contributed by atoms with Crippen LogP contribution >= 0.6 is 0 Å². The molecule has 7 nitrogen and oxygen atoms in total. The highest BCUT2D eigenvalue weighted by Crippen LogP contribution is 2.33. The molecule has 2 amide bonds. The van der Waals surface area contributed by atoms with Crippen LogP contribution in [-0.2, 0) is 16.0 Å². The van der Waals surface area contributed by atoms with Crippen LogP contribution in [-0.4, -0.2) is 80.0 Å². The summed E-state index contributed by atoms with van der Waals surface area (Å²) in [5, 5.41) is 0. The molecule has 33 heavy (non-hydrogen) atoms. The molecule has 2 heterocycles. The lowest BCUT2D eigenvalue weighted by molar-refractivity contribution is -0.137. The SMILES string of the molecule is CCN1CCN(C2=C(c3ccccc3)C(=O)N(CCc3ccc(OC)c(OC)c3)C2=O)CC1. The number of piperazine rings is 1. The number of imide groups is 1. The minimum atomic E-state index is -0.223. The van der Waals surface area contributed by atoms with Gasteiger partial charge in [0.2, 0.25) is 0 Å². The van der Waals surface area contributed by atoms with Crippen LogP contribution in [0, 0.1) is 0 Å². The summed E-state index contributed by atoms with van der Waals surface area (Å²) in [7, 11) is 3.19. The van der Waals surface area contributed by atoms with E-state index in [4.69, 9.17) is 9.47 Å². The molecule has 0 spiro atoms. The van der Waals surface area contributed by atoms with Crippen LogP contribution in [0.15, 0.2) is 54.2 Å². The Balaban J connectivity index is 1.58. The molecule has 2 aromatic carbocycles. The number of likely N-dealkylation sites (N-methyl/N-ethyl adjacent to an activating group) is 1. The van der Waals surface area contributed by atoms with Gasteiger partial charge in [-0.3, -0.25) is 14.5 Å². The number of ether oxygens (including phenoxy) is 2. The molecule has 0 aliphatic carbocycles. The summed E-state index contributed by atoms with van der Waals surface area (Å²) < 4.78 is 10.7. The second kappa shape index (κ2) is 10.1. The normalized spacial score (nSPS) is 17.2. The van der Waals surface area contributed by atoms with Gasteiger partial charge in [-0.05, 0) is 36.2 Å². The molecule has 0 saturated carbocycles. The number of carbonyl (C=O) groups is 2. The molecule has 1 saturated heterocycles. The molecule has 2 aliphatic rings. The molecule has 0 atom stereocenters. The van der Waals surface area contributed by atoms with E-state index < -0.39 is 0 Å². The fourth-order valence-corrected chi connectivity index (χ4v) is 4.49. The fraction of sp³-hybridized carbons (Fsp3) is 0.385. The van der Waals surface area contributed by atoms with Crippen LogP contribution in [0.2, 0.25) is 0 Å².